The molecule has 0 aromatic heterocycles. The number of ketones is 1. The second-order valence-corrected chi connectivity index (χ2v) is 7.54. The predicted molar refractivity (Wildman–Crippen MR) is 125 cm³/mol. The van der Waals surface area contributed by atoms with Crippen molar-refractivity contribution in [3.8, 4) is 0 Å². The average molecular weight is 491 g/mol. The molecule has 0 spiro atoms. The van der Waals surface area contributed by atoms with Crippen molar-refractivity contribution in [2.45, 2.75) is 45.1 Å². The Morgan fingerprint density at radius 2 is 1.41 bits per heavy atom. The highest BCUT2D eigenvalue weighted by molar-refractivity contribution is 5.80. The lowest BCUT2D eigenvalue weighted by molar-refractivity contribution is -0.126. The Labute approximate surface area is 201 Å². The number of ether oxygens (including phenoxy) is 4. The number of unbranched alkanes of at least 4 members (excludes halogenated alkanes) is 1. The molecule has 0 rings (SSSR count). The third-order valence-electron chi connectivity index (χ3n) is 4.54. The molecule has 0 fully saturated rings. The molecule has 12 heteroatoms. The van der Waals surface area contributed by atoms with Crippen LogP contribution in [-0.2, 0) is 38.1 Å². The molecule has 198 valence electrons. The van der Waals surface area contributed by atoms with Gasteiger partial charge < -0.3 is 40.6 Å². The van der Waals surface area contributed by atoms with Crippen LogP contribution in [0.2, 0.25) is 0 Å². The fourth-order valence-electron chi connectivity index (χ4n) is 2.71. The van der Waals surface area contributed by atoms with E-state index >= 15 is 0 Å². The minimum absolute atomic E-state index is 0.00845. The van der Waals surface area contributed by atoms with Crippen LogP contribution in [0.4, 0.5) is 0 Å². The Morgan fingerprint density at radius 1 is 0.765 bits per heavy atom. The number of carbonyl (C=O) groups is 4. The molecule has 0 aliphatic rings. The maximum atomic E-state index is 11.7. The molecule has 0 saturated carbocycles. The van der Waals surface area contributed by atoms with Gasteiger partial charge >= 0.3 is 0 Å². The largest absolute Gasteiger partial charge is 0.379 e. The summed E-state index contributed by atoms with van der Waals surface area (Å²) in [6.07, 6.45) is 3.10. The molecule has 1 atom stereocenters. The molecule has 0 unspecified atom stereocenters. The Bertz CT molecular complexity index is 577. The fraction of sp³-hybridized carbons (Fsp3) is 0.818. The van der Waals surface area contributed by atoms with Crippen LogP contribution in [0.25, 0.3) is 0 Å². The molecular weight excluding hydrogens is 448 g/mol. The summed E-state index contributed by atoms with van der Waals surface area (Å²) < 4.78 is 21.1. The number of nitrogens with one attached hydrogen (secondary N) is 3. The van der Waals surface area contributed by atoms with Gasteiger partial charge in [0.15, 0.2) is 5.78 Å². The van der Waals surface area contributed by atoms with Crippen LogP contribution in [0.15, 0.2) is 0 Å². The molecule has 34 heavy (non-hydrogen) atoms. The molecule has 3 amide bonds. The molecule has 0 aromatic carbocycles. The van der Waals surface area contributed by atoms with E-state index in [1.165, 1.54) is 6.92 Å². The second kappa shape index (κ2) is 22.7. The Hall–Kier alpha value is -2.12. The number of primary amides is 1. The van der Waals surface area contributed by atoms with Crippen molar-refractivity contribution in [1.82, 2.24) is 16.0 Å². The normalized spacial score (nSPS) is 11.7. The predicted octanol–water partition coefficient (Wildman–Crippen LogP) is -1.10. The third-order valence-corrected chi connectivity index (χ3v) is 4.54. The summed E-state index contributed by atoms with van der Waals surface area (Å²) in [6, 6.07) is -0.343. The van der Waals surface area contributed by atoms with Gasteiger partial charge in [0.1, 0.15) is 13.2 Å². The van der Waals surface area contributed by atoms with E-state index < -0.39 is 0 Å². The smallest absolute Gasteiger partial charge is 0.245 e. The zero-order valence-corrected chi connectivity index (χ0v) is 20.5. The summed E-state index contributed by atoms with van der Waals surface area (Å²) in [4.78, 5) is 45.1. The van der Waals surface area contributed by atoms with Crippen LogP contribution in [0.5, 0.6) is 0 Å². The Balaban J connectivity index is 3.38. The lowest BCUT2D eigenvalue weighted by Crippen LogP contribution is -2.39. The van der Waals surface area contributed by atoms with E-state index in [1.54, 1.807) is 7.05 Å². The standard InChI is InChI=1S/C22H42N4O8/c1-18(27)25-9-11-32-13-14-33-16-19(28)6-5-10-31-12-15-34-17-21(29)26-8-4-3-7-20(24-2)22(23)30/h20,24H,3-17H2,1-2H3,(H2,23,30)(H,25,27)(H,26,29)/t20-/m0/s1. The van der Waals surface area contributed by atoms with Crippen LogP contribution >= 0.6 is 0 Å². The maximum Gasteiger partial charge on any atom is 0.245 e. The third kappa shape index (κ3) is 21.7. The summed E-state index contributed by atoms with van der Waals surface area (Å²) in [5, 5.41) is 8.21. The van der Waals surface area contributed by atoms with Gasteiger partial charge in [-0.1, -0.05) is 0 Å². The van der Waals surface area contributed by atoms with E-state index in [2.05, 4.69) is 16.0 Å². The minimum atomic E-state index is -0.378. The van der Waals surface area contributed by atoms with Gasteiger partial charge in [-0.05, 0) is 32.7 Å². The van der Waals surface area contributed by atoms with Crippen molar-refractivity contribution in [3.05, 3.63) is 0 Å². The molecular formula is C22H42N4O8. The summed E-state index contributed by atoms with van der Waals surface area (Å²) in [5.74, 6) is -0.692. The molecule has 0 radical (unpaired) electrons. The monoisotopic (exact) mass is 490 g/mol. The summed E-state index contributed by atoms with van der Waals surface area (Å²) in [6.45, 7) is 4.53. The molecule has 0 aromatic rings. The van der Waals surface area contributed by atoms with E-state index in [0.29, 0.717) is 65.4 Å². The number of likely N-dealkylation sites (N-methyl/N-ethyl adjacent to an activating group) is 1. The Morgan fingerprint density at radius 3 is 2.06 bits per heavy atom. The topological polar surface area (TPSA) is 167 Å². The first-order chi connectivity index (χ1) is 16.4. The second-order valence-electron chi connectivity index (χ2n) is 7.54. The zero-order valence-electron chi connectivity index (χ0n) is 20.5. The van der Waals surface area contributed by atoms with Crippen molar-refractivity contribution < 1.29 is 38.1 Å². The molecule has 0 heterocycles. The molecule has 0 bridgehead atoms. The van der Waals surface area contributed by atoms with Gasteiger partial charge in [-0.15, -0.1) is 0 Å². The number of carbonyl (C=O) groups excluding carboxylic acids is 4. The quantitative estimate of drug-likeness (QED) is 0.123. The number of rotatable bonds is 24. The number of hydrogen-bond acceptors (Lipinski definition) is 9. The van der Waals surface area contributed by atoms with Gasteiger partial charge in [-0.25, -0.2) is 0 Å². The molecule has 0 aliphatic carbocycles. The lowest BCUT2D eigenvalue weighted by Gasteiger charge is -2.11. The molecule has 0 aliphatic heterocycles. The van der Waals surface area contributed by atoms with Gasteiger partial charge in [0.05, 0.1) is 39.1 Å². The molecule has 5 N–H and O–H groups in total. The van der Waals surface area contributed by atoms with Crippen LogP contribution in [0.1, 0.15) is 39.0 Å². The van der Waals surface area contributed by atoms with Gasteiger partial charge in [-0.3, -0.25) is 19.2 Å². The summed E-state index contributed by atoms with van der Waals surface area (Å²) >= 11 is 0. The van der Waals surface area contributed by atoms with E-state index in [0.717, 1.165) is 12.8 Å². The van der Waals surface area contributed by atoms with Crippen molar-refractivity contribution in [2.24, 2.45) is 5.73 Å². The highest BCUT2D eigenvalue weighted by atomic mass is 16.5. The highest BCUT2D eigenvalue weighted by Gasteiger charge is 2.11. The highest BCUT2D eigenvalue weighted by Crippen LogP contribution is 1.99. The van der Waals surface area contributed by atoms with E-state index in [1.807, 2.05) is 0 Å². The number of hydrogen-bond donors (Lipinski definition) is 4. The van der Waals surface area contributed by atoms with Gasteiger partial charge in [-0.2, -0.15) is 0 Å². The maximum absolute atomic E-state index is 11.7. The van der Waals surface area contributed by atoms with E-state index in [-0.39, 0.29) is 49.4 Å². The van der Waals surface area contributed by atoms with Crippen molar-refractivity contribution in [2.75, 3.05) is 73.0 Å². The first-order valence-corrected chi connectivity index (χ1v) is 11.7. The summed E-state index contributed by atoms with van der Waals surface area (Å²) in [7, 11) is 1.69. The zero-order chi connectivity index (χ0) is 25.4. The first-order valence-electron chi connectivity index (χ1n) is 11.7. The lowest BCUT2D eigenvalue weighted by atomic mass is 10.1. The SMILES string of the molecule is CN[C@@H](CCCCNC(=O)COCCOCCCC(=O)COCCOCCNC(C)=O)C(N)=O. The van der Waals surface area contributed by atoms with E-state index in [4.69, 9.17) is 24.7 Å². The van der Waals surface area contributed by atoms with Gasteiger partial charge in [0.25, 0.3) is 0 Å². The van der Waals surface area contributed by atoms with Crippen molar-refractivity contribution >= 4 is 23.5 Å². The fourth-order valence-corrected chi connectivity index (χ4v) is 2.71. The van der Waals surface area contributed by atoms with Crippen LogP contribution < -0.4 is 21.7 Å². The average Bonchev–Trinajstić information content (AvgIpc) is 2.79. The van der Waals surface area contributed by atoms with Crippen molar-refractivity contribution in [1.29, 1.82) is 0 Å². The number of nitrogens with two attached hydrogens (primary N) is 1. The number of amides is 3. The molecule has 12 nitrogen and oxygen atoms in total. The minimum Gasteiger partial charge on any atom is -0.379 e. The van der Waals surface area contributed by atoms with Crippen LogP contribution in [-0.4, -0.2) is 103 Å². The first kappa shape index (κ1) is 31.9. The summed E-state index contributed by atoms with van der Waals surface area (Å²) in [5.41, 5.74) is 5.24. The van der Waals surface area contributed by atoms with Gasteiger partial charge in [0, 0.05) is 33.0 Å². The molecule has 0 saturated heterocycles. The van der Waals surface area contributed by atoms with Crippen LogP contribution in [0.3, 0.4) is 0 Å². The van der Waals surface area contributed by atoms with E-state index in [9.17, 15) is 19.2 Å². The van der Waals surface area contributed by atoms with Crippen molar-refractivity contribution in [3.63, 3.8) is 0 Å². The number of Topliss-reactive ketones (excluding diaryl/α,β-unsaturated/α-hetero) is 1. The van der Waals surface area contributed by atoms with Crippen LogP contribution in [0, 0.1) is 0 Å². The van der Waals surface area contributed by atoms with Gasteiger partial charge in [0.2, 0.25) is 17.7 Å². The Kier molecular flexibility index (Phi) is 21.2.